The van der Waals surface area contributed by atoms with E-state index in [4.69, 9.17) is 11.6 Å². The molecule has 0 aromatic carbocycles. The fourth-order valence-corrected chi connectivity index (χ4v) is 2.73. The smallest absolute Gasteiger partial charge is 0.255 e. The third kappa shape index (κ3) is 3.09. The maximum atomic E-state index is 12.2. The number of pyridine rings is 1. The molecule has 0 radical (unpaired) electrons. The Kier molecular flexibility index (Phi) is 4.33. The summed E-state index contributed by atoms with van der Waals surface area (Å²) >= 11 is 7.39. The molecule has 3 nitrogen and oxygen atoms in total. The number of nitrogens with zero attached hydrogens (tertiary/aromatic N) is 2. The van der Waals surface area contributed by atoms with E-state index < -0.39 is 0 Å². The van der Waals surface area contributed by atoms with Crippen LogP contribution in [0.5, 0.6) is 0 Å². The molecule has 0 atom stereocenters. The molecule has 0 aliphatic heterocycles. The quantitative estimate of drug-likeness (QED) is 0.859. The van der Waals surface area contributed by atoms with Crippen molar-refractivity contribution in [1.29, 1.82) is 0 Å². The Balaban J connectivity index is 2.12. The van der Waals surface area contributed by atoms with E-state index in [1.54, 1.807) is 29.4 Å². The van der Waals surface area contributed by atoms with E-state index in [9.17, 15) is 4.79 Å². The second-order valence-corrected chi connectivity index (χ2v) is 5.57. The normalized spacial score (nSPS) is 10.3. The van der Waals surface area contributed by atoms with Crippen molar-refractivity contribution in [2.75, 3.05) is 6.54 Å². The summed E-state index contributed by atoms with van der Waals surface area (Å²) < 4.78 is 0.745. The average molecular weight is 281 g/mol. The minimum Gasteiger partial charge on any atom is -0.334 e. The lowest BCUT2D eigenvalue weighted by Crippen LogP contribution is -2.30. The van der Waals surface area contributed by atoms with E-state index in [1.807, 2.05) is 19.1 Å². The van der Waals surface area contributed by atoms with E-state index in [0.717, 1.165) is 9.21 Å². The SMILES string of the molecule is CCN(Cc1ccc(Cl)s1)C(=O)c1cccnc1. The fourth-order valence-electron chi connectivity index (χ4n) is 1.62. The lowest BCUT2D eigenvalue weighted by molar-refractivity contribution is 0.0754. The van der Waals surface area contributed by atoms with Gasteiger partial charge >= 0.3 is 0 Å². The number of aromatic nitrogens is 1. The first kappa shape index (κ1) is 13.1. The van der Waals surface area contributed by atoms with Crippen LogP contribution in [-0.2, 0) is 6.54 Å². The zero-order valence-corrected chi connectivity index (χ0v) is 11.5. The molecule has 0 bridgehead atoms. The average Bonchev–Trinajstić information content (AvgIpc) is 2.82. The molecule has 0 N–H and O–H groups in total. The molecule has 0 spiro atoms. The Labute approximate surface area is 115 Å². The third-order valence-electron chi connectivity index (χ3n) is 2.55. The van der Waals surface area contributed by atoms with Crippen LogP contribution < -0.4 is 0 Å². The molecule has 5 heteroatoms. The molecule has 0 unspecified atom stereocenters. The highest BCUT2D eigenvalue weighted by Gasteiger charge is 2.15. The second-order valence-electron chi connectivity index (χ2n) is 3.77. The number of hydrogen-bond acceptors (Lipinski definition) is 3. The number of rotatable bonds is 4. The topological polar surface area (TPSA) is 33.2 Å². The van der Waals surface area contributed by atoms with E-state index in [2.05, 4.69) is 4.98 Å². The van der Waals surface area contributed by atoms with Gasteiger partial charge in [-0.1, -0.05) is 11.6 Å². The highest BCUT2D eigenvalue weighted by atomic mass is 35.5. The molecule has 94 valence electrons. The van der Waals surface area contributed by atoms with Crippen molar-refractivity contribution < 1.29 is 4.79 Å². The van der Waals surface area contributed by atoms with Crippen molar-refractivity contribution in [3.8, 4) is 0 Å². The number of hydrogen-bond donors (Lipinski definition) is 0. The van der Waals surface area contributed by atoms with Crippen molar-refractivity contribution in [2.45, 2.75) is 13.5 Å². The van der Waals surface area contributed by atoms with Crippen LogP contribution >= 0.6 is 22.9 Å². The number of carbonyl (C=O) groups is 1. The van der Waals surface area contributed by atoms with Crippen molar-refractivity contribution in [3.63, 3.8) is 0 Å². The summed E-state index contributed by atoms with van der Waals surface area (Å²) in [4.78, 5) is 19.1. The first-order chi connectivity index (χ1) is 8.70. The van der Waals surface area contributed by atoms with Gasteiger partial charge in [-0.25, -0.2) is 0 Å². The largest absolute Gasteiger partial charge is 0.334 e. The zero-order chi connectivity index (χ0) is 13.0. The monoisotopic (exact) mass is 280 g/mol. The third-order valence-corrected chi connectivity index (χ3v) is 3.77. The minimum absolute atomic E-state index is 0.00452. The van der Waals surface area contributed by atoms with E-state index >= 15 is 0 Å². The molecule has 0 saturated carbocycles. The van der Waals surface area contributed by atoms with Gasteiger partial charge in [0.1, 0.15) is 0 Å². The zero-order valence-electron chi connectivity index (χ0n) is 9.97. The summed E-state index contributed by atoms with van der Waals surface area (Å²) in [7, 11) is 0. The molecule has 0 saturated heterocycles. The molecule has 18 heavy (non-hydrogen) atoms. The predicted octanol–water partition coefficient (Wildman–Crippen LogP) is 3.46. The van der Waals surface area contributed by atoms with Gasteiger partial charge in [-0.2, -0.15) is 0 Å². The molecule has 0 aliphatic carbocycles. The Morgan fingerprint density at radius 3 is 2.83 bits per heavy atom. The summed E-state index contributed by atoms with van der Waals surface area (Å²) in [5.41, 5.74) is 0.613. The van der Waals surface area contributed by atoms with Gasteiger partial charge in [0.2, 0.25) is 0 Å². The van der Waals surface area contributed by atoms with Crippen molar-refractivity contribution in [2.24, 2.45) is 0 Å². The van der Waals surface area contributed by atoms with Crippen LogP contribution in [0.2, 0.25) is 4.34 Å². The molecular formula is C13H13ClN2OS. The second kappa shape index (κ2) is 5.98. The number of thiophene rings is 1. The lowest BCUT2D eigenvalue weighted by atomic mass is 10.2. The molecule has 2 aromatic heterocycles. The summed E-state index contributed by atoms with van der Waals surface area (Å²) in [6.45, 7) is 3.20. The van der Waals surface area contributed by atoms with Gasteiger partial charge in [-0.05, 0) is 31.2 Å². The summed E-state index contributed by atoms with van der Waals surface area (Å²) in [6.07, 6.45) is 3.25. The van der Waals surface area contributed by atoms with E-state index in [0.29, 0.717) is 18.7 Å². The summed E-state index contributed by atoms with van der Waals surface area (Å²) in [5, 5.41) is 0. The molecular weight excluding hydrogens is 268 g/mol. The number of carbonyl (C=O) groups excluding carboxylic acids is 1. The van der Waals surface area contributed by atoms with Crippen LogP contribution in [-0.4, -0.2) is 22.3 Å². The molecule has 1 amide bonds. The van der Waals surface area contributed by atoms with E-state index in [1.165, 1.54) is 11.3 Å². The first-order valence-electron chi connectivity index (χ1n) is 5.64. The minimum atomic E-state index is -0.00452. The summed E-state index contributed by atoms with van der Waals surface area (Å²) in [6, 6.07) is 7.35. The van der Waals surface area contributed by atoms with E-state index in [-0.39, 0.29) is 5.91 Å². The highest BCUT2D eigenvalue weighted by Crippen LogP contribution is 2.23. The Hall–Kier alpha value is -1.39. The van der Waals surface area contributed by atoms with Crippen LogP contribution in [0.15, 0.2) is 36.7 Å². The standard InChI is InChI=1S/C13H13ClN2OS/c1-2-16(9-11-5-6-12(14)18-11)13(17)10-4-3-7-15-8-10/h3-8H,2,9H2,1H3. The van der Waals surface area contributed by atoms with Crippen molar-refractivity contribution in [1.82, 2.24) is 9.88 Å². The maximum absolute atomic E-state index is 12.2. The maximum Gasteiger partial charge on any atom is 0.255 e. The van der Waals surface area contributed by atoms with Crippen molar-refractivity contribution >= 4 is 28.8 Å². The Morgan fingerprint density at radius 1 is 1.44 bits per heavy atom. The van der Waals surface area contributed by atoms with Gasteiger partial charge in [0, 0.05) is 23.8 Å². The first-order valence-corrected chi connectivity index (χ1v) is 6.83. The van der Waals surface area contributed by atoms with Crippen LogP contribution in [0.3, 0.4) is 0 Å². The van der Waals surface area contributed by atoms with Gasteiger partial charge in [-0.15, -0.1) is 11.3 Å². The molecule has 0 fully saturated rings. The number of halogens is 1. The molecule has 2 aromatic rings. The lowest BCUT2D eigenvalue weighted by Gasteiger charge is -2.19. The predicted molar refractivity (Wildman–Crippen MR) is 74.0 cm³/mol. The van der Waals surface area contributed by atoms with Crippen LogP contribution in [0, 0.1) is 0 Å². The highest BCUT2D eigenvalue weighted by molar-refractivity contribution is 7.16. The Morgan fingerprint density at radius 2 is 2.28 bits per heavy atom. The fraction of sp³-hybridized carbons (Fsp3) is 0.231. The van der Waals surface area contributed by atoms with Crippen molar-refractivity contribution in [3.05, 3.63) is 51.4 Å². The van der Waals surface area contributed by atoms with Crippen LogP contribution in [0.25, 0.3) is 0 Å². The summed E-state index contributed by atoms with van der Waals surface area (Å²) in [5.74, 6) is -0.00452. The molecule has 2 heterocycles. The van der Waals surface area contributed by atoms with Gasteiger partial charge in [-0.3, -0.25) is 9.78 Å². The van der Waals surface area contributed by atoms with Crippen LogP contribution in [0.4, 0.5) is 0 Å². The number of amides is 1. The van der Waals surface area contributed by atoms with Gasteiger partial charge < -0.3 is 4.90 Å². The Bertz CT molecular complexity index is 527. The van der Waals surface area contributed by atoms with Gasteiger partial charge in [0.05, 0.1) is 16.4 Å². The molecule has 0 aliphatic rings. The van der Waals surface area contributed by atoms with Gasteiger partial charge in [0.25, 0.3) is 5.91 Å². The molecule has 2 rings (SSSR count). The van der Waals surface area contributed by atoms with Gasteiger partial charge in [0.15, 0.2) is 0 Å². The van der Waals surface area contributed by atoms with Crippen LogP contribution in [0.1, 0.15) is 22.2 Å².